The summed E-state index contributed by atoms with van der Waals surface area (Å²) in [7, 11) is 0. The van der Waals surface area contributed by atoms with Crippen LogP contribution in [0.15, 0.2) is 65.8 Å². The van der Waals surface area contributed by atoms with Crippen molar-refractivity contribution in [2.24, 2.45) is 10.4 Å². The maximum Gasteiger partial charge on any atom is 0.319 e. The fourth-order valence-electron chi connectivity index (χ4n) is 5.03. The molecule has 1 saturated heterocycles. The topological polar surface area (TPSA) is 136 Å². The van der Waals surface area contributed by atoms with Crippen LogP contribution in [0.2, 0.25) is 0 Å². The van der Waals surface area contributed by atoms with Gasteiger partial charge in [-0.15, -0.1) is 0 Å². The van der Waals surface area contributed by atoms with Crippen molar-refractivity contribution in [3.05, 3.63) is 72.0 Å². The maximum absolute atomic E-state index is 12.8. The molecule has 12 nitrogen and oxygen atoms in total. The summed E-state index contributed by atoms with van der Waals surface area (Å²) in [4.78, 5) is 39.6. The number of benzene rings is 1. The number of morpholine rings is 1. The molecule has 0 spiro atoms. The number of aliphatic hydroxyl groups is 1. The number of amidine groups is 1. The Kier molecular flexibility index (Phi) is 8.57. The van der Waals surface area contributed by atoms with E-state index in [-0.39, 0.29) is 30.0 Å². The maximum atomic E-state index is 12.8. The van der Waals surface area contributed by atoms with Gasteiger partial charge in [0.15, 0.2) is 6.67 Å². The molecule has 3 aliphatic heterocycles. The first kappa shape index (κ1) is 29.2. The number of urea groups is 1. The van der Waals surface area contributed by atoms with Crippen molar-refractivity contribution in [2.75, 3.05) is 55.1 Å². The van der Waals surface area contributed by atoms with E-state index < -0.39 is 0 Å². The van der Waals surface area contributed by atoms with E-state index in [9.17, 15) is 14.7 Å². The monoisotopic (exact) mass is 575 g/mol. The summed E-state index contributed by atoms with van der Waals surface area (Å²) >= 11 is 0. The Labute approximate surface area is 245 Å². The highest BCUT2D eigenvalue weighted by molar-refractivity contribution is 5.98. The lowest BCUT2D eigenvalue weighted by Crippen LogP contribution is -3.12. The quantitative estimate of drug-likeness (QED) is 0.340. The van der Waals surface area contributed by atoms with E-state index in [0.29, 0.717) is 50.0 Å². The molecular formula is C30H39N8O4+. The lowest BCUT2D eigenvalue weighted by atomic mass is 9.87. The summed E-state index contributed by atoms with van der Waals surface area (Å²) in [5, 5.41) is 18.9. The van der Waals surface area contributed by atoms with Gasteiger partial charge in [0.25, 0.3) is 11.7 Å². The van der Waals surface area contributed by atoms with Crippen LogP contribution in [-0.2, 0) is 4.74 Å². The summed E-state index contributed by atoms with van der Waals surface area (Å²) in [6, 6.07) is 8.57. The van der Waals surface area contributed by atoms with E-state index in [1.165, 1.54) is 0 Å². The minimum atomic E-state index is -0.386. The van der Waals surface area contributed by atoms with Crippen molar-refractivity contribution in [3.63, 3.8) is 0 Å². The molecule has 5 N–H and O–H groups in total. The second kappa shape index (κ2) is 12.3. The Morgan fingerprint density at radius 2 is 1.95 bits per heavy atom. The van der Waals surface area contributed by atoms with Gasteiger partial charge in [0.1, 0.15) is 17.7 Å². The molecule has 0 bridgehead atoms. The zero-order valence-corrected chi connectivity index (χ0v) is 24.5. The molecular weight excluding hydrogens is 536 g/mol. The van der Waals surface area contributed by atoms with Crippen LogP contribution in [0.5, 0.6) is 0 Å². The van der Waals surface area contributed by atoms with Crippen LogP contribution in [-0.4, -0.2) is 78.4 Å². The summed E-state index contributed by atoms with van der Waals surface area (Å²) in [5.41, 5.74) is 3.51. The van der Waals surface area contributed by atoms with Gasteiger partial charge in [-0.25, -0.2) is 14.7 Å². The smallest absolute Gasteiger partial charge is 0.319 e. The number of rotatable bonds is 7. The molecule has 3 aliphatic rings. The van der Waals surface area contributed by atoms with Gasteiger partial charge in [0.05, 0.1) is 43.3 Å². The third-order valence-corrected chi connectivity index (χ3v) is 7.63. The molecule has 4 heterocycles. The van der Waals surface area contributed by atoms with Gasteiger partial charge in [-0.05, 0) is 42.2 Å². The number of hydrogen-bond donors (Lipinski definition) is 5. The highest BCUT2D eigenvalue weighted by Crippen LogP contribution is 2.28. The molecule has 1 aromatic heterocycles. The molecule has 1 unspecified atom stereocenters. The third kappa shape index (κ3) is 6.46. The molecule has 2 aromatic rings. The second-order valence-corrected chi connectivity index (χ2v) is 11.6. The Hall–Kier alpha value is -4.26. The Morgan fingerprint density at radius 1 is 1.17 bits per heavy atom. The number of carbonyl (C=O) groups is 2. The number of nitrogens with one attached hydrogen (secondary N) is 4. The fourth-order valence-corrected chi connectivity index (χ4v) is 5.03. The average molecular weight is 576 g/mol. The third-order valence-electron chi connectivity index (χ3n) is 7.63. The van der Waals surface area contributed by atoms with Gasteiger partial charge >= 0.3 is 6.03 Å². The number of fused-ring (bicyclic) bond motifs is 1. The highest BCUT2D eigenvalue weighted by atomic mass is 16.5. The second-order valence-electron chi connectivity index (χ2n) is 11.6. The molecule has 5 rings (SSSR count). The molecule has 1 aromatic carbocycles. The van der Waals surface area contributed by atoms with Gasteiger partial charge in [-0.3, -0.25) is 9.69 Å². The van der Waals surface area contributed by atoms with Crippen molar-refractivity contribution in [3.8, 4) is 0 Å². The van der Waals surface area contributed by atoms with E-state index in [1.807, 2.05) is 58.3 Å². The predicted octanol–water partition coefficient (Wildman–Crippen LogP) is 1.89. The molecule has 0 aliphatic carbocycles. The Balaban J connectivity index is 1.33. The minimum absolute atomic E-state index is 0.0525. The van der Waals surface area contributed by atoms with Gasteiger partial charge in [-0.2, -0.15) is 4.99 Å². The molecule has 1 fully saturated rings. The number of ether oxygens (including phenoxy) is 1. The largest absolute Gasteiger partial charge is 0.394 e. The van der Waals surface area contributed by atoms with Crippen LogP contribution in [0, 0.1) is 12.3 Å². The van der Waals surface area contributed by atoms with E-state index >= 15 is 0 Å². The number of anilines is 3. The van der Waals surface area contributed by atoms with Crippen LogP contribution >= 0.6 is 0 Å². The summed E-state index contributed by atoms with van der Waals surface area (Å²) < 4.78 is 5.35. The number of pyridine rings is 1. The van der Waals surface area contributed by atoms with E-state index in [2.05, 4.69) is 30.8 Å². The first-order chi connectivity index (χ1) is 20.1. The van der Waals surface area contributed by atoms with Crippen molar-refractivity contribution in [1.29, 1.82) is 0 Å². The van der Waals surface area contributed by atoms with Crippen molar-refractivity contribution in [1.82, 2.24) is 15.2 Å². The van der Waals surface area contributed by atoms with Crippen LogP contribution in [0.25, 0.3) is 0 Å². The summed E-state index contributed by atoms with van der Waals surface area (Å²) in [6.45, 7) is 10.6. The van der Waals surface area contributed by atoms with Crippen molar-refractivity contribution in [2.45, 2.75) is 33.7 Å². The number of nitrogens with zero attached hydrogens (tertiary/aromatic N) is 4. The molecule has 2 atom stereocenters. The molecule has 12 heteroatoms. The number of aliphatic hydroxyl groups excluding tert-OH is 1. The van der Waals surface area contributed by atoms with Crippen LogP contribution < -0.4 is 25.8 Å². The Bertz CT molecular complexity index is 1410. The van der Waals surface area contributed by atoms with Crippen molar-refractivity contribution < 1.29 is 24.3 Å². The number of aromatic nitrogens is 1. The average Bonchev–Trinajstić information content (AvgIpc) is 3.46. The van der Waals surface area contributed by atoms with Crippen LogP contribution in [0.1, 0.15) is 36.7 Å². The number of aliphatic imine (C=N–C) groups is 1. The van der Waals surface area contributed by atoms with Gasteiger partial charge in [-0.1, -0.05) is 26.8 Å². The Morgan fingerprint density at radius 3 is 2.64 bits per heavy atom. The van der Waals surface area contributed by atoms with E-state index in [0.717, 1.165) is 27.7 Å². The predicted molar refractivity (Wildman–Crippen MR) is 161 cm³/mol. The summed E-state index contributed by atoms with van der Waals surface area (Å²) in [5.74, 6) is 1.38. The molecule has 0 saturated carbocycles. The molecule has 0 radical (unpaired) electrons. The fraction of sp³-hybridized carbons (Fsp3) is 0.400. The standard InChI is InChI=1S/C30H38N8O4/c1-20-22(34-29(41)35-25(18-39)30(2,3)4)6-5-7-24(20)38-17-23(27-31-10-11-37(27)19-38)33-26-9-8-21(16-32-26)28(40)36-12-14-42-15-13-36/h5-11,16-17,25,39H,12-15,18-19H2,1-4H3,(H,32,33)(H2,34,35,41)/p+1/t25-/m1/s1. The van der Waals surface area contributed by atoms with E-state index in [1.54, 1.807) is 29.4 Å². The first-order valence-corrected chi connectivity index (χ1v) is 14.1. The lowest BCUT2D eigenvalue weighted by molar-refractivity contribution is -0.743. The lowest BCUT2D eigenvalue weighted by Gasteiger charge is -2.31. The summed E-state index contributed by atoms with van der Waals surface area (Å²) in [6.07, 6.45) is 7.34. The zero-order valence-electron chi connectivity index (χ0n) is 24.5. The zero-order chi connectivity index (χ0) is 29.9. The van der Waals surface area contributed by atoms with Gasteiger partial charge in [0.2, 0.25) is 0 Å². The molecule has 3 amide bonds. The minimum Gasteiger partial charge on any atom is -0.394 e. The molecule has 222 valence electrons. The van der Waals surface area contributed by atoms with Gasteiger partial charge < -0.3 is 30.7 Å². The number of hydrogen-bond acceptors (Lipinski definition) is 8. The highest BCUT2D eigenvalue weighted by Gasteiger charge is 2.32. The normalized spacial score (nSPS) is 19.0. The first-order valence-electron chi connectivity index (χ1n) is 14.1. The van der Waals surface area contributed by atoms with E-state index in [4.69, 9.17) is 4.74 Å². The molecule has 42 heavy (non-hydrogen) atoms. The number of amides is 3. The van der Waals surface area contributed by atoms with Crippen LogP contribution in [0.4, 0.5) is 22.0 Å². The van der Waals surface area contributed by atoms with Gasteiger partial charge in [0, 0.05) is 31.2 Å². The number of quaternary nitrogens is 1. The van der Waals surface area contributed by atoms with Crippen LogP contribution in [0.3, 0.4) is 0 Å². The number of carbonyl (C=O) groups excluding carboxylic acids is 2. The van der Waals surface area contributed by atoms with Crippen molar-refractivity contribution >= 4 is 35.0 Å². The SMILES string of the molecule is Cc1c(NC(=O)N[C@H](CO)C(C)(C)C)cccc1N1C=C(Nc2ccc(C(=O)N3CCOCC3)cn2)C2=NC=C[NH+]2C1.